The largest absolute Gasteiger partial charge is 0.340 e. The molecular weight excluding hydrogens is 306 g/mol. The van der Waals surface area contributed by atoms with Crippen LogP contribution in [0, 0.1) is 0 Å². The summed E-state index contributed by atoms with van der Waals surface area (Å²) in [6.07, 6.45) is 11.1. The molecule has 24 heavy (non-hydrogen) atoms. The third-order valence-corrected chi connectivity index (χ3v) is 4.15. The molecule has 0 spiro atoms. The van der Waals surface area contributed by atoms with Gasteiger partial charge in [-0.2, -0.15) is 0 Å². The van der Waals surface area contributed by atoms with Gasteiger partial charge < -0.3 is 5.32 Å². The van der Waals surface area contributed by atoms with E-state index in [-0.39, 0.29) is 11.8 Å². The van der Waals surface area contributed by atoms with Crippen molar-refractivity contribution in [3.8, 4) is 0 Å². The normalized spacial score (nSPS) is 19.2. The summed E-state index contributed by atoms with van der Waals surface area (Å²) in [5.74, 6) is -0.551. The van der Waals surface area contributed by atoms with Crippen molar-refractivity contribution in [2.75, 3.05) is 14.2 Å². The number of aryl methyl sites for hydroxylation is 1. The number of hydrogen-bond donors (Lipinski definition) is 1. The lowest BCUT2D eigenvalue weighted by molar-refractivity contribution is -0.170. The van der Waals surface area contributed by atoms with Gasteiger partial charge in [0.1, 0.15) is 6.04 Å². The third kappa shape index (κ3) is 4.89. The minimum atomic E-state index is -0.660. The second kappa shape index (κ2) is 9.17. The van der Waals surface area contributed by atoms with Crippen LogP contribution in [0.5, 0.6) is 0 Å². The maximum Gasteiger partial charge on any atom is 0.268 e. The minimum Gasteiger partial charge on any atom is -0.340 e. The van der Waals surface area contributed by atoms with Gasteiger partial charge in [0.2, 0.25) is 0 Å². The van der Waals surface area contributed by atoms with E-state index in [1.54, 1.807) is 18.3 Å². The minimum absolute atomic E-state index is 0.270. The van der Waals surface area contributed by atoms with Gasteiger partial charge in [-0.3, -0.25) is 19.4 Å². The second-order valence-electron chi connectivity index (χ2n) is 5.85. The summed E-state index contributed by atoms with van der Waals surface area (Å²) in [6, 6.07) is 2.84. The predicted molar refractivity (Wildman–Crippen MR) is 91.2 cm³/mol. The third-order valence-electron chi connectivity index (χ3n) is 4.15. The molecule has 0 unspecified atom stereocenters. The van der Waals surface area contributed by atoms with Crippen LogP contribution >= 0.6 is 0 Å². The van der Waals surface area contributed by atoms with Crippen molar-refractivity contribution < 1.29 is 14.4 Å². The average molecular weight is 331 g/mol. The van der Waals surface area contributed by atoms with Crippen LogP contribution < -0.4 is 5.32 Å². The smallest absolute Gasteiger partial charge is 0.268 e. The van der Waals surface area contributed by atoms with Crippen molar-refractivity contribution >= 4 is 11.8 Å². The molecule has 0 aromatic carbocycles. The number of pyridine rings is 1. The van der Waals surface area contributed by atoms with Crippen molar-refractivity contribution in [2.24, 2.45) is 0 Å². The van der Waals surface area contributed by atoms with E-state index < -0.39 is 6.04 Å². The molecule has 1 aliphatic rings. The molecular formula is C18H25N3O3. The second-order valence-corrected chi connectivity index (χ2v) is 5.85. The maximum absolute atomic E-state index is 12.6. The molecule has 0 fully saturated rings. The van der Waals surface area contributed by atoms with Crippen molar-refractivity contribution in [3.63, 3.8) is 0 Å². The maximum atomic E-state index is 12.6. The summed E-state index contributed by atoms with van der Waals surface area (Å²) in [4.78, 5) is 34.4. The van der Waals surface area contributed by atoms with Crippen LogP contribution in [0.15, 0.2) is 30.5 Å². The van der Waals surface area contributed by atoms with Crippen LogP contribution in [-0.2, 0) is 16.1 Å². The van der Waals surface area contributed by atoms with Crippen LogP contribution in [0.25, 0.3) is 0 Å². The van der Waals surface area contributed by atoms with Crippen molar-refractivity contribution in [2.45, 2.75) is 44.6 Å². The Hall–Kier alpha value is -2.21. The van der Waals surface area contributed by atoms with Gasteiger partial charge in [0.25, 0.3) is 11.8 Å². The number of hydroxylamine groups is 2. The molecule has 1 aromatic rings. The lowest BCUT2D eigenvalue weighted by atomic mass is 10.1. The fourth-order valence-corrected chi connectivity index (χ4v) is 2.69. The van der Waals surface area contributed by atoms with Gasteiger partial charge in [-0.25, -0.2) is 5.06 Å². The summed E-state index contributed by atoms with van der Waals surface area (Å²) in [6.45, 7) is 0. The Morgan fingerprint density at radius 1 is 1.33 bits per heavy atom. The van der Waals surface area contributed by atoms with Crippen molar-refractivity contribution in [1.82, 2.24) is 15.4 Å². The number of carbonyl (C=O) groups is 2. The molecule has 0 radical (unpaired) electrons. The number of fused-ring (bicyclic) bond motifs is 1. The summed E-state index contributed by atoms with van der Waals surface area (Å²) < 4.78 is 0. The van der Waals surface area contributed by atoms with Gasteiger partial charge in [-0.1, -0.05) is 18.6 Å². The highest BCUT2D eigenvalue weighted by atomic mass is 16.7. The van der Waals surface area contributed by atoms with E-state index in [0.29, 0.717) is 12.0 Å². The summed E-state index contributed by atoms with van der Waals surface area (Å²) >= 11 is 0. The number of likely N-dealkylation sites (N-methyl/N-ethyl adjacent to an activating group) is 1. The van der Waals surface area contributed by atoms with Gasteiger partial charge in [-0.05, 0) is 44.2 Å². The average Bonchev–Trinajstić information content (AvgIpc) is 2.62. The van der Waals surface area contributed by atoms with E-state index in [0.717, 1.165) is 42.9 Å². The first kappa shape index (κ1) is 18.1. The molecule has 1 aliphatic heterocycles. The van der Waals surface area contributed by atoms with E-state index >= 15 is 0 Å². The van der Waals surface area contributed by atoms with Crippen LogP contribution in [0.4, 0.5) is 0 Å². The molecule has 130 valence electrons. The van der Waals surface area contributed by atoms with Gasteiger partial charge in [0.05, 0.1) is 18.4 Å². The van der Waals surface area contributed by atoms with Gasteiger partial charge in [0.15, 0.2) is 0 Å². The van der Waals surface area contributed by atoms with Gasteiger partial charge in [0, 0.05) is 13.2 Å². The summed E-state index contributed by atoms with van der Waals surface area (Å²) in [5.41, 5.74) is 1.33. The Morgan fingerprint density at radius 3 is 2.96 bits per heavy atom. The van der Waals surface area contributed by atoms with Crippen molar-refractivity contribution in [3.05, 3.63) is 41.7 Å². The monoisotopic (exact) mass is 331 g/mol. The van der Waals surface area contributed by atoms with E-state index in [1.165, 1.54) is 14.2 Å². The van der Waals surface area contributed by atoms with E-state index in [1.807, 2.05) is 6.08 Å². The Balaban J connectivity index is 2.25. The molecule has 6 heteroatoms. The molecule has 1 aromatic heterocycles. The topological polar surface area (TPSA) is 71.5 Å². The number of aromatic nitrogens is 1. The van der Waals surface area contributed by atoms with Crippen LogP contribution in [0.1, 0.15) is 48.2 Å². The Labute approximate surface area is 142 Å². The molecule has 2 amide bonds. The molecule has 0 bridgehead atoms. The summed E-state index contributed by atoms with van der Waals surface area (Å²) in [5, 5.41) is 3.96. The zero-order chi connectivity index (χ0) is 17.4. The van der Waals surface area contributed by atoms with E-state index in [2.05, 4.69) is 16.4 Å². The first-order valence-electron chi connectivity index (χ1n) is 8.35. The Morgan fingerprint density at radius 2 is 2.17 bits per heavy atom. The van der Waals surface area contributed by atoms with Crippen LogP contribution in [-0.4, -0.2) is 42.1 Å². The number of carbonyl (C=O) groups excluding carboxylic acids is 2. The summed E-state index contributed by atoms with van der Waals surface area (Å²) in [7, 11) is 2.96. The number of hydrogen-bond acceptors (Lipinski definition) is 4. The number of nitrogens with zero attached hydrogens (tertiary/aromatic N) is 2. The van der Waals surface area contributed by atoms with E-state index in [9.17, 15) is 9.59 Å². The Bertz CT molecular complexity index is 601. The number of allylic oxidation sites excluding steroid dienone is 1. The fraction of sp³-hybridized carbons (Fsp3) is 0.500. The predicted octanol–water partition coefficient (Wildman–Crippen LogP) is 2.26. The number of nitrogens with one attached hydrogen (secondary N) is 1. The highest BCUT2D eigenvalue weighted by molar-refractivity contribution is 5.98. The first-order chi connectivity index (χ1) is 11.6. The fourth-order valence-electron chi connectivity index (χ4n) is 2.69. The van der Waals surface area contributed by atoms with Crippen molar-refractivity contribution in [1.29, 1.82) is 0 Å². The standard InChI is InChI=1S/C18H25N3O3/c1-21(24-2)18(23)16-12-8-6-4-3-5-7-11-15-14(17(22)20-16)10-9-13-19-15/h6,8-10,13,16H,3-5,7,11-12H2,1-2H3,(H,20,22)/t16-/m0/s1. The molecule has 6 nitrogen and oxygen atoms in total. The number of rotatable bonds is 2. The zero-order valence-corrected chi connectivity index (χ0v) is 14.3. The molecule has 0 saturated carbocycles. The van der Waals surface area contributed by atoms with Crippen LogP contribution in [0.2, 0.25) is 0 Å². The molecule has 1 atom stereocenters. The quantitative estimate of drug-likeness (QED) is 0.666. The molecule has 2 rings (SSSR count). The van der Waals surface area contributed by atoms with Gasteiger partial charge in [-0.15, -0.1) is 0 Å². The molecule has 0 aliphatic carbocycles. The highest BCUT2D eigenvalue weighted by Gasteiger charge is 2.25. The van der Waals surface area contributed by atoms with Gasteiger partial charge >= 0.3 is 0 Å². The first-order valence-corrected chi connectivity index (χ1v) is 8.35. The molecule has 2 heterocycles. The SMILES string of the molecule is CON(C)C(=O)[C@@H]1CC=CCCCCCc2ncccc2C(=O)N1. The molecule has 1 N–H and O–H groups in total. The zero-order valence-electron chi connectivity index (χ0n) is 14.3. The van der Waals surface area contributed by atoms with E-state index in [4.69, 9.17) is 4.84 Å². The Kier molecular flexibility index (Phi) is 6.93. The lowest BCUT2D eigenvalue weighted by Crippen LogP contribution is -2.47. The van der Waals surface area contributed by atoms with Crippen LogP contribution in [0.3, 0.4) is 0 Å². The number of amides is 2. The lowest BCUT2D eigenvalue weighted by Gasteiger charge is -2.22. The molecule has 0 saturated heterocycles. The highest BCUT2D eigenvalue weighted by Crippen LogP contribution is 2.13.